The second-order valence-electron chi connectivity index (χ2n) is 4.60. The van der Waals surface area contributed by atoms with Crippen molar-refractivity contribution in [1.29, 1.82) is 0 Å². The van der Waals surface area contributed by atoms with Gasteiger partial charge in [0.2, 0.25) is 5.43 Å². The number of phenols is 1. The first-order chi connectivity index (χ1) is 10.1. The molecule has 0 fully saturated rings. The Labute approximate surface area is 118 Å². The maximum Gasteiger partial charge on any atom is 0.200 e. The first kappa shape index (κ1) is 13.1. The molecule has 0 unspecified atom stereocenters. The van der Waals surface area contributed by atoms with Crippen molar-refractivity contribution < 1.29 is 14.3 Å². The van der Waals surface area contributed by atoms with E-state index in [1.807, 2.05) is 0 Å². The van der Waals surface area contributed by atoms with E-state index in [9.17, 15) is 19.1 Å². The molecule has 0 bridgehead atoms. The molecule has 0 aliphatic rings. The lowest BCUT2D eigenvalue weighted by atomic mass is 10.0. The Balaban J connectivity index is 2.16. The predicted octanol–water partition coefficient (Wildman–Crippen LogP) is 2.60. The van der Waals surface area contributed by atoms with Crippen LogP contribution in [0.15, 0.2) is 53.5 Å². The minimum absolute atomic E-state index is 0.0558. The van der Waals surface area contributed by atoms with Gasteiger partial charge in [-0.3, -0.25) is 9.59 Å². The van der Waals surface area contributed by atoms with E-state index >= 15 is 0 Å². The van der Waals surface area contributed by atoms with Crippen LogP contribution in [-0.2, 0) is 0 Å². The zero-order chi connectivity index (χ0) is 15.0. The number of ketones is 1. The molecule has 5 heteroatoms. The van der Waals surface area contributed by atoms with Gasteiger partial charge >= 0.3 is 0 Å². The van der Waals surface area contributed by atoms with Gasteiger partial charge in [-0.1, -0.05) is 0 Å². The second kappa shape index (κ2) is 4.86. The van der Waals surface area contributed by atoms with Crippen LogP contribution in [0.25, 0.3) is 10.9 Å². The topological polar surface area (TPSA) is 70.2 Å². The fourth-order valence-corrected chi connectivity index (χ4v) is 2.13. The average Bonchev–Trinajstić information content (AvgIpc) is 2.48. The molecule has 0 amide bonds. The molecule has 1 aromatic heterocycles. The summed E-state index contributed by atoms with van der Waals surface area (Å²) < 4.78 is 12.9. The number of aromatic amines is 1. The van der Waals surface area contributed by atoms with E-state index in [4.69, 9.17) is 0 Å². The molecule has 2 N–H and O–H groups in total. The van der Waals surface area contributed by atoms with Gasteiger partial charge in [0.15, 0.2) is 5.78 Å². The van der Waals surface area contributed by atoms with Crippen molar-refractivity contribution in [2.45, 2.75) is 0 Å². The molecule has 1 heterocycles. The number of pyridine rings is 1. The lowest BCUT2D eigenvalue weighted by Crippen LogP contribution is -2.16. The zero-order valence-electron chi connectivity index (χ0n) is 10.8. The van der Waals surface area contributed by atoms with Crippen LogP contribution in [0, 0.1) is 5.82 Å². The molecule has 0 saturated carbocycles. The SMILES string of the molecule is O=C(c1ccc(F)cc1)c1c[nH]c2ccc(O)cc2c1=O. The standard InChI is InChI=1S/C16H10FNO3/c17-10-3-1-9(2-4-10)15(20)13-8-18-14-6-5-11(19)7-12(14)16(13)21/h1-8,19H,(H,18,21). The summed E-state index contributed by atoms with van der Waals surface area (Å²) in [6.45, 7) is 0. The quantitative estimate of drug-likeness (QED) is 0.710. The van der Waals surface area contributed by atoms with E-state index in [1.165, 1.54) is 30.5 Å². The molecule has 0 atom stereocenters. The summed E-state index contributed by atoms with van der Waals surface area (Å²) in [4.78, 5) is 27.5. The van der Waals surface area contributed by atoms with E-state index in [0.29, 0.717) is 5.52 Å². The molecule has 0 aliphatic heterocycles. The lowest BCUT2D eigenvalue weighted by molar-refractivity contribution is 0.103. The van der Waals surface area contributed by atoms with Gasteiger partial charge in [-0.15, -0.1) is 0 Å². The number of benzene rings is 2. The molecular formula is C16H10FNO3. The molecular weight excluding hydrogens is 273 g/mol. The summed E-state index contributed by atoms with van der Waals surface area (Å²) in [5, 5.41) is 9.68. The first-order valence-electron chi connectivity index (χ1n) is 6.21. The Hall–Kier alpha value is -2.95. The minimum atomic E-state index is -0.499. The van der Waals surface area contributed by atoms with Gasteiger partial charge in [0.1, 0.15) is 11.6 Å². The Kier molecular flexibility index (Phi) is 3.02. The highest BCUT2D eigenvalue weighted by molar-refractivity contribution is 6.10. The molecule has 0 radical (unpaired) electrons. The largest absolute Gasteiger partial charge is 0.508 e. The van der Waals surface area contributed by atoms with Crippen molar-refractivity contribution in [3.05, 3.63) is 75.8 Å². The number of halogens is 1. The van der Waals surface area contributed by atoms with E-state index in [-0.39, 0.29) is 22.3 Å². The average molecular weight is 283 g/mol. The first-order valence-corrected chi connectivity index (χ1v) is 6.21. The van der Waals surface area contributed by atoms with Crippen LogP contribution < -0.4 is 5.43 Å². The number of hydrogen-bond acceptors (Lipinski definition) is 3. The van der Waals surface area contributed by atoms with Crippen molar-refractivity contribution in [3.63, 3.8) is 0 Å². The minimum Gasteiger partial charge on any atom is -0.508 e. The molecule has 3 rings (SSSR count). The summed E-state index contributed by atoms with van der Waals surface area (Å²) in [5.74, 6) is -1.01. The van der Waals surface area contributed by atoms with E-state index in [1.54, 1.807) is 6.07 Å². The molecule has 104 valence electrons. The number of rotatable bonds is 2. The van der Waals surface area contributed by atoms with Crippen LogP contribution in [0.3, 0.4) is 0 Å². The van der Waals surface area contributed by atoms with Crippen LogP contribution in [0.4, 0.5) is 4.39 Å². The van der Waals surface area contributed by atoms with Crippen molar-refractivity contribution >= 4 is 16.7 Å². The van der Waals surface area contributed by atoms with Crippen LogP contribution in [0.2, 0.25) is 0 Å². The van der Waals surface area contributed by atoms with E-state index < -0.39 is 17.0 Å². The Morgan fingerprint density at radius 1 is 1.10 bits per heavy atom. The zero-order valence-corrected chi connectivity index (χ0v) is 10.8. The summed E-state index contributed by atoms with van der Waals surface area (Å²) in [6.07, 6.45) is 1.33. The number of aromatic hydroxyl groups is 1. The van der Waals surface area contributed by atoms with Crippen LogP contribution >= 0.6 is 0 Å². The summed E-state index contributed by atoms with van der Waals surface area (Å²) in [6, 6.07) is 9.27. The molecule has 0 aliphatic carbocycles. The monoisotopic (exact) mass is 283 g/mol. The number of nitrogens with one attached hydrogen (secondary N) is 1. The summed E-state index contributed by atoms with van der Waals surface area (Å²) in [7, 11) is 0. The van der Waals surface area contributed by atoms with Gasteiger partial charge in [0, 0.05) is 22.7 Å². The molecule has 0 saturated heterocycles. The molecule has 4 nitrogen and oxygen atoms in total. The van der Waals surface area contributed by atoms with Gasteiger partial charge in [-0.25, -0.2) is 4.39 Å². The molecule has 21 heavy (non-hydrogen) atoms. The maximum atomic E-state index is 12.9. The Morgan fingerprint density at radius 2 is 1.81 bits per heavy atom. The Bertz CT molecular complexity index is 898. The van der Waals surface area contributed by atoms with Crippen LogP contribution in [-0.4, -0.2) is 15.9 Å². The number of hydrogen-bond donors (Lipinski definition) is 2. The smallest absolute Gasteiger partial charge is 0.200 e. The number of fused-ring (bicyclic) bond motifs is 1. The highest BCUT2D eigenvalue weighted by Gasteiger charge is 2.15. The van der Waals surface area contributed by atoms with E-state index in [0.717, 1.165) is 12.1 Å². The lowest BCUT2D eigenvalue weighted by Gasteiger charge is -2.04. The fourth-order valence-electron chi connectivity index (χ4n) is 2.13. The number of H-pyrrole nitrogens is 1. The highest BCUT2D eigenvalue weighted by Crippen LogP contribution is 2.16. The third-order valence-electron chi connectivity index (χ3n) is 3.22. The van der Waals surface area contributed by atoms with Crippen molar-refractivity contribution in [3.8, 4) is 5.75 Å². The van der Waals surface area contributed by atoms with Gasteiger partial charge in [-0.2, -0.15) is 0 Å². The van der Waals surface area contributed by atoms with Crippen molar-refractivity contribution in [1.82, 2.24) is 4.98 Å². The highest BCUT2D eigenvalue weighted by atomic mass is 19.1. The summed E-state index contributed by atoms with van der Waals surface area (Å²) in [5.41, 5.74) is 0.212. The van der Waals surface area contributed by atoms with Crippen molar-refractivity contribution in [2.75, 3.05) is 0 Å². The van der Waals surface area contributed by atoms with Crippen LogP contribution in [0.1, 0.15) is 15.9 Å². The summed E-state index contributed by atoms with van der Waals surface area (Å²) >= 11 is 0. The number of phenolic OH excluding ortho intramolecular Hbond substituents is 1. The third-order valence-corrected chi connectivity index (χ3v) is 3.22. The predicted molar refractivity (Wildman–Crippen MR) is 76.1 cm³/mol. The molecule has 3 aromatic rings. The second-order valence-corrected chi connectivity index (χ2v) is 4.60. The molecule has 2 aromatic carbocycles. The van der Waals surface area contributed by atoms with E-state index in [2.05, 4.69) is 4.98 Å². The third kappa shape index (κ3) is 2.29. The normalized spacial score (nSPS) is 10.7. The van der Waals surface area contributed by atoms with Crippen LogP contribution in [0.5, 0.6) is 5.75 Å². The number of carbonyl (C=O) groups is 1. The van der Waals surface area contributed by atoms with Gasteiger partial charge in [0.05, 0.1) is 5.56 Å². The van der Waals surface area contributed by atoms with Gasteiger partial charge in [-0.05, 0) is 42.5 Å². The van der Waals surface area contributed by atoms with Gasteiger partial charge < -0.3 is 10.1 Å². The molecule has 0 spiro atoms. The maximum absolute atomic E-state index is 12.9. The van der Waals surface area contributed by atoms with Crippen molar-refractivity contribution in [2.24, 2.45) is 0 Å². The number of aromatic nitrogens is 1. The van der Waals surface area contributed by atoms with Gasteiger partial charge in [0.25, 0.3) is 0 Å². The Morgan fingerprint density at radius 3 is 2.52 bits per heavy atom. The fraction of sp³-hybridized carbons (Fsp3) is 0. The number of carbonyl (C=O) groups excluding carboxylic acids is 1.